The molecular formula is C21H32N4O13P2S2. The highest BCUT2D eigenvalue weighted by Gasteiger charge is 2.73. The van der Waals surface area contributed by atoms with E-state index < -0.39 is 94.3 Å². The molecule has 1 saturated carbocycles. The van der Waals surface area contributed by atoms with Crippen LogP contribution in [0.5, 0.6) is 0 Å². The van der Waals surface area contributed by atoms with Crippen molar-refractivity contribution < 1.29 is 62.2 Å². The fraction of sp³-hybridized carbons (Fsp3) is 0.714. The minimum absolute atomic E-state index is 0.307. The van der Waals surface area contributed by atoms with Gasteiger partial charge in [0.05, 0.1) is 59.6 Å². The van der Waals surface area contributed by atoms with Crippen LogP contribution in [0.15, 0.2) is 11.7 Å². The van der Waals surface area contributed by atoms with E-state index in [1.807, 2.05) is 0 Å². The first-order chi connectivity index (χ1) is 19.7. The van der Waals surface area contributed by atoms with Crippen LogP contribution in [0.3, 0.4) is 0 Å². The highest BCUT2D eigenvalue weighted by atomic mass is 32.7. The largest absolute Gasteiger partial charge is 0.394 e. The lowest BCUT2D eigenvalue weighted by molar-refractivity contribution is -0.426. The van der Waals surface area contributed by atoms with Crippen LogP contribution in [0, 0.1) is 11.8 Å². The molecule has 0 spiro atoms. The van der Waals surface area contributed by atoms with Crippen molar-refractivity contribution in [2.45, 2.75) is 61.2 Å². The van der Waals surface area contributed by atoms with Crippen LogP contribution in [-0.4, -0.2) is 104 Å². The predicted molar refractivity (Wildman–Crippen MR) is 148 cm³/mol. The van der Waals surface area contributed by atoms with Crippen molar-refractivity contribution in [3.05, 3.63) is 17.3 Å². The Morgan fingerprint density at radius 1 is 1.33 bits per heavy atom. The predicted octanol–water partition coefficient (Wildman–Crippen LogP) is -0.711. The summed E-state index contributed by atoms with van der Waals surface area (Å²) in [5.74, 6) is -4.81. The fourth-order valence-corrected chi connectivity index (χ4v) is 9.33. The maximum Gasteiger partial charge on any atom is 0.393 e. The van der Waals surface area contributed by atoms with Crippen LogP contribution >= 0.6 is 38.6 Å². The summed E-state index contributed by atoms with van der Waals surface area (Å²) in [6, 6.07) is -0.804. The molecule has 2 aliphatic heterocycles. The number of aromatic nitrogens is 2. The Bertz CT molecular complexity index is 1390. The number of rotatable bonds is 11. The number of nitrogens with zero attached hydrogens (tertiary/aromatic N) is 2. The van der Waals surface area contributed by atoms with E-state index in [2.05, 4.69) is 22.2 Å². The molecule has 9 N–H and O–H groups in total. The molecule has 4 heterocycles. The second-order valence-electron chi connectivity index (χ2n) is 10.3. The van der Waals surface area contributed by atoms with Gasteiger partial charge in [0.25, 0.3) is 0 Å². The summed E-state index contributed by atoms with van der Waals surface area (Å²) in [7, 11) is -2.23. The minimum Gasteiger partial charge on any atom is -0.394 e. The molecule has 0 radical (unpaired) electrons. The minimum atomic E-state index is -4.36. The third-order valence-electron chi connectivity index (χ3n) is 8.07. The third kappa shape index (κ3) is 5.36. The number of fused-ring (bicyclic) bond motifs is 2. The number of thiol groups is 1. The Balaban J connectivity index is 1.20. The fourth-order valence-electron chi connectivity index (χ4n) is 5.74. The molecule has 2 saturated heterocycles. The second kappa shape index (κ2) is 11.8. The average Bonchev–Trinajstić information content (AvgIpc) is 3.50. The number of nitrogen functional groups attached to an aromatic ring is 1. The number of methoxy groups -OCH3 is 1. The summed E-state index contributed by atoms with van der Waals surface area (Å²) in [4.78, 5) is 8.30. The molecule has 0 aromatic carbocycles. The first-order valence-electron chi connectivity index (χ1n) is 12.5. The van der Waals surface area contributed by atoms with E-state index in [9.17, 15) is 34.7 Å². The van der Waals surface area contributed by atoms with Crippen LogP contribution in [0.1, 0.15) is 18.6 Å². The lowest BCUT2D eigenvalue weighted by atomic mass is 9.86. The van der Waals surface area contributed by atoms with Gasteiger partial charge >= 0.3 is 15.1 Å². The highest BCUT2D eigenvalue weighted by molar-refractivity contribution is 8.45. The Morgan fingerprint density at radius 2 is 2.05 bits per heavy atom. The standard InChI is InChI=1S/C21H32N4O13P2S2/c1-20(33-2)16(22)9(35-17(20)7-5-42-15-12(7)24-6-25-18(15)23)4-34-40(32,41)38-39(31)37-19-11-14(29)13(28)10(8(27)3-26)21(11,30)36-19/h5-6,8-11,13-14,16-17,19,26-30,39H,3-4,22H2,1-2H3,(H,32,41)(H2,23,24,25)/t8-,9+,10?,11?,13?,14?,16+,17-,19?,20+,21?,40?/m0/s1. The monoisotopic (exact) mass is 674 g/mol. The number of nitrogens with two attached hydrogens (primary N) is 2. The van der Waals surface area contributed by atoms with Gasteiger partial charge in [-0.3, -0.25) is 13.6 Å². The van der Waals surface area contributed by atoms with Crippen LogP contribution in [0.25, 0.3) is 10.2 Å². The molecule has 1 aliphatic carbocycles. The first-order valence-corrected chi connectivity index (χ1v) is 17.3. The summed E-state index contributed by atoms with van der Waals surface area (Å²) >= 11 is 5.17. The summed E-state index contributed by atoms with van der Waals surface area (Å²) < 4.78 is 58.4. The quantitative estimate of drug-likeness (QED) is 0.108. The van der Waals surface area contributed by atoms with Crippen molar-refractivity contribution in [2.75, 3.05) is 26.1 Å². The van der Waals surface area contributed by atoms with E-state index in [0.29, 0.717) is 21.6 Å². The van der Waals surface area contributed by atoms with Crippen LogP contribution in [0.4, 0.5) is 5.82 Å². The Labute approximate surface area is 248 Å². The molecular weight excluding hydrogens is 642 g/mol. The zero-order valence-electron chi connectivity index (χ0n) is 22.1. The first kappa shape index (κ1) is 32.6. The van der Waals surface area contributed by atoms with Crippen molar-refractivity contribution in [1.29, 1.82) is 0 Å². The maximum absolute atomic E-state index is 12.9. The lowest BCUT2D eigenvalue weighted by Crippen LogP contribution is -2.64. The zero-order chi connectivity index (χ0) is 30.8. The smallest absolute Gasteiger partial charge is 0.393 e. The van der Waals surface area contributed by atoms with Gasteiger partial charge in [-0.25, -0.2) is 18.8 Å². The zero-order valence-corrected chi connectivity index (χ0v) is 25.7. The molecule has 236 valence electrons. The topological polar surface area (TPSA) is 268 Å². The van der Waals surface area contributed by atoms with Crippen molar-refractivity contribution >= 4 is 54.7 Å². The van der Waals surface area contributed by atoms with Crippen molar-refractivity contribution in [2.24, 2.45) is 17.6 Å². The molecule has 2 aromatic rings. The van der Waals surface area contributed by atoms with Gasteiger partial charge < -0.3 is 51.2 Å². The molecule has 42 heavy (non-hydrogen) atoms. The van der Waals surface area contributed by atoms with Gasteiger partial charge in [-0.2, -0.15) is 0 Å². The maximum atomic E-state index is 12.9. The van der Waals surface area contributed by atoms with E-state index in [1.54, 1.807) is 12.3 Å². The summed E-state index contributed by atoms with van der Waals surface area (Å²) in [5, 5.41) is 52.1. The Hall–Kier alpha value is -0.830. The number of ether oxygens (including phenoxy) is 3. The van der Waals surface area contributed by atoms with Gasteiger partial charge in [0.2, 0.25) is 0 Å². The van der Waals surface area contributed by atoms with Gasteiger partial charge in [0.1, 0.15) is 30.0 Å². The Morgan fingerprint density at radius 3 is 2.71 bits per heavy atom. The van der Waals surface area contributed by atoms with Gasteiger partial charge in [-0.05, 0) is 12.3 Å². The van der Waals surface area contributed by atoms with Crippen LogP contribution < -0.4 is 11.5 Å². The van der Waals surface area contributed by atoms with Gasteiger partial charge in [0.15, 0.2) is 12.1 Å². The molecule has 2 aromatic heterocycles. The molecule has 17 nitrogen and oxygen atoms in total. The Kier molecular flexibility index (Phi) is 9.17. The van der Waals surface area contributed by atoms with Crippen LogP contribution in [0.2, 0.25) is 0 Å². The van der Waals surface area contributed by atoms with Gasteiger partial charge in [-0.1, -0.05) is 12.2 Å². The molecule has 0 bridgehead atoms. The van der Waals surface area contributed by atoms with E-state index in [-0.39, 0.29) is 0 Å². The third-order valence-corrected chi connectivity index (χ3v) is 12.6. The van der Waals surface area contributed by atoms with E-state index in [1.165, 1.54) is 24.8 Å². The lowest BCUT2D eigenvalue weighted by Gasteiger charge is -2.49. The SMILES string of the molecule is CO[C@]1(C)[C@H](N)[C@@H](COP(=O)(S)O[PH](=O)OC2OC3(O)C2C(O)C(O)C3[C@@H](O)CO)O[C@H]1c1csc2c(N)ncnc12. The molecule has 13 atom stereocenters. The normalized spacial score (nSPS) is 40.9. The van der Waals surface area contributed by atoms with Crippen molar-refractivity contribution in [3.8, 4) is 0 Å². The number of aliphatic hydroxyl groups is 5. The van der Waals surface area contributed by atoms with Crippen LogP contribution in [-0.2, 0) is 36.7 Å². The number of thiophene rings is 1. The molecule has 0 amide bonds. The average molecular weight is 675 g/mol. The number of hydrogen-bond donors (Lipinski definition) is 8. The molecule has 3 aliphatic rings. The highest BCUT2D eigenvalue weighted by Crippen LogP contribution is 2.63. The summed E-state index contributed by atoms with van der Waals surface area (Å²) in [5.41, 5.74) is 12.6. The molecule has 8 unspecified atom stereocenters. The second-order valence-corrected chi connectivity index (χ2v) is 15.4. The van der Waals surface area contributed by atoms with Gasteiger partial charge in [-0.15, -0.1) is 11.3 Å². The van der Waals surface area contributed by atoms with E-state index in [0.717, 1.165) is 0 Å². The van der Waals surface area contributed by atoms with Gasteiger partial charge in [0, 0.05) is 12.7 Å². The van der Waals surface area contributed by atoms with E-state index >= 15 is 0 Å². The van der Waals surface area contributed by atoms with Crippen molar-refractivity contribution in [3.63, 3.8) is 0 Å². The van der Waals surface area contributed by atoms with E-state index in [4.69, 9.17) is 39.0 Å². The molecule has 3 fully saturated rings. The number of anilines is 1. The number of hydrogen-bond acceptors (Lipinski definition) is 18. The molecule has 21 heteroatoms. The summed E-state index contributed by atoms with van der Waals surface area (Å²) in [6.07, 6.45) is -6.84. The van der Waals surface area contributed by atoms with Crippen molar-refractivity contribution in [1.82, 2.24) is 9.97 Å². The summed E-state index contributed by atoms with van der Waals surface area (Å²) in [6.45, 7) is -3.88. The molecule has 5 rings (SSSR count). The number of aliphatic hydroxyl groups excluding tert-OH is 4.